The summed E-state index contributed by atoms with van der Waals surface area (Å²) >= 11 is 3.34. The molecule has 0 spiro atoms. The molecular formula is C15H15BrN4O2. The average Bonchev–Trinajstić information content (AvgIpc) is 2.49. The summed E-state index contributed by atoms with van der Waals surface area (Å²) in [5.74, 6) is -0.398. The number of hydrogen-bond donors (Lipinski definition) is 2. The normalized spacial score (nSPS) is 10.1. The summed E-state index contributed by atoms with van der Waals surface area (Å²) in [6, 6.07) is 10.5. The van der Waals surface area contributed by atoms with Gasteiger partial charge in [-0.2, -0.15) is 0 Å². The molecule has 1 heterocycles. The van der Waals surface area contributed by atoms with Crippen molar-refractivity contribution in [2.45, 2.75) is 0 Å². The number of carbonyl (C=O) groups is 2. The molecule has 1 aromatic carbocycles. The van der Waals surface area contributed by atoms with Crippen LogP contribution in [0, 0.1) is 0 Å². The molecule has 3 N–H and O–H groups in total. The van der Waals surface area contributed by atoms with Crippen molar-refractivity contribution in [3.63, 3.8) is 0 Å². The third kappa shape index (κ3) is 4.05. The zero-order valence-corrected chi connectivity index (χ0v) is 13.5. The summed E-state index contributed by atoms with van der Waals surface area (Å²) < 4.78 is 0.925. The molecule has 22 heavy (non-hydrogen) atoms. The van der Waals surface area contributed by atoms with Crippen LogP contribution < -0.4 is 16.0 Å². The van der Waals surface area contributed by atoms with Crippen molar-refractivity contribution in [2.24, 2.45) is 5.73 Å². The van der Waals surface area contributed by atoms with Crippen LogP contribution in [-0.2, 0) is 4.79 Å². The number of pyridine rings is 1. The number of amides is 2. The molecule has 0 fully saturated rings. The smallest absolute Gasteiger partial charge is 0.259 e. The van der Waals surface area contributed by atoms with Crippen molar-refractivity contribution in [1.29, 1.82) is 0 Å². The third-order valence-corrected chi connectivity index (χ3v) is 3.42. The van der Waals surface area contributed by atoms with Gasteiger partial charge in [0.2, 0.25) is 5.91 Å². The molecule has 2 amide bonds. The average molecular weight is 363 g/mol. The fraction of sp³-hybridized carbons (Fsp3) is 0.133. The molecule has 0 aliphatic heterocycles. The lowest BCUT2D eigenvalue weighted by molar-refractivity contribution is -0.116. The van der Waals surface area contributed by atoms with Crippen molar-refractivity contribution >= 4 is 39.2 Å². The highest BCUT2D eigenvalue weighted by atomic mass is 79.9. The third-order valence-electron chi connectivity index (χ3n) is 2.89. The molecule has 2 aromatic rings. The zero-order chi connectivity index (χ0) is 16.1. The number of halogens is 1. The second-order valence-corrected chi connectivity index (χ2v) is 5.57. The van der Waals surface area contributed by atoms with E-state index in [0.29, 0.717) is 17.1 Å². The van der Waals surface area contributed by atoms with Gasteiger partial charge >= 0.3 is 0 Å². The van der Waals surface area contributed by atoms with E-state index < -0.39 is 5.91 Å². The highest BCUT2D eigenvalue weighted by molar-refractivity contribution is 9.10. The molecule has 0 aliphatic rings. The van der Waals surface area contributed by atoms with Crippen molar-refractivity contribution in [3.8, 4) is 0 Å². The number of nitrogens with zero attached hydrogens (tertiary/aromatic N) is 2. The predicted octanol–water partition coefficient (Wildman–Crippen LogP) is 2.02. The maximum atomic E-state index is 12.4. The van der Waals surface area contributed by atoms with Gasteiger partial charge in [0.05, 0.1) is 12.1 Å². The minimum atomic E-state index is -0.493. The number of nitrogens with two attached hydrogens (primary N) is 1. The Kier molecular flexibility index (Phi) is 5.11. The molecule has 2 rings (SSSR count). The number of hydrogen-bond acceptors (Lipinski definition) is 4. The summed E-state index contributed by atoms with van der Waals surface area (Å²) in [7, 11) is 1.66. The van der Waals surface area contributed by atoms with Crippen molar-refractivity contribution < 1.29 is 9.59 Å². The summed E-state index contributed by atoms with van der Waals surface area (Å²) in [5, 5.41) is 2.79. The topological polar surface area (TPSA) is 88.3 Å². The second kappa shape index (κ2) is 7.04. The number of anilines is 2. The summed E-state index contributed by atoms with van der Waals surface area (Å²) in [4.78, 5) is 29.1. The van der Waals surface area contributed by atoms with E-state index in [1.165, 1.54) is 0 Å². The molecule has 0 saturated carbocycles. The lowest BCUT2D eigenvalue weighted by Gasteiger charge is -2.19. The van der Waals surface area contributed by atoms with Gasteiger partial charge in [-0.05, 0) is 36.4 Å². The van der Waals surface area contributed by atoms with Gasteiger partial charge in [-0.15, -0.1) is 0 Å². The Morgan fingerprint density at radius 2 is 1.95 bits per heavy atom. The number of aromatic nitrogens is 1. The zero-order valence-electron chi connectivity index (χ0n) is 11.9. The summed E-state index contributed by atoms with van der Waals surface area (Å²) in [5.41, 5.74) is 6.22. The first-order chi connectivity index (χ1) is 10.5. The van der Waals surface area contributed by atoms with Crippen LogP contribution in [0.5, 0.6) is 0 Å². The minimum Gasteiger partial charge on any atom is -0.368 e. The molecule has 1 aromatic heterocycles. The quantitative estimate of drug-likeness (QED) is 0.851. The van der Waals surface area contributed by atoms with Gasteiger partial charge in [0.25, 0.3) is 5.91 Å². The largest absolute Gasteiger partial charge is 0.368 e. The van der Waals surface area contributed by atoms with Crippen LogP contribution >= 0.6 is 15.9 Å². The molecule has 0 bridgehead atoms. The fourth-order valence-corrected chi connectivity index (χ4v) is 2.18. The van der Waals surface area contributed by atoms with E-state index in [4.69, 9.17) is 5.73 Å². The van der Waals surface area contributed by atoms with Crippen molar-refractivity contribution in [1.82, 2.24) is 4.98 Å². The Hall–Kier alpha value is -2.41. The van der Waals surface area contributed by atoms with E-state index in [1.807, 2.05) is 12.1 Å². The van der Waals surface area contributed by atoms with Crippen LogP contribution in [0.3, 0.4) is 0 Å². The molecule has 0 atom stereocenters. The van der Waals surface area contributed by atoms with Gasteiger partial charge in [-0.25, -0.2) is 4.98 Å². The van der Waals surface area contributed by atoms with Crippen LogP contribution in [0.4, 0.5) is 11.5 Å². The van der Waals surface area contributed by atoms with E-state index in [9.17, 15) is 9.59 Å². The van der Waals surface area contributed by atoms with E-state index in [0.717, 1.165) is 4.47 Å². The fourth-order valence-electron chi connectivity index (χ4n) is 1.92. The highest BCUT2D eigenvalue weighted by Crippen LogP contribution is 2.19. The van der Waals surface area contributed by atoms with Gasteiger partial charge in [0.1, 0.15) is 5.82 Å². The van der Waals surface area contributed by atoms with Gasteiger partial charge in [-0.1, -0.05) is 15.9 Å². The van der Waals surface area contributed by atoms with Crippen molar-refractivity contribution in [2.75, 3.05) is 23.8 Å². The lowest BCUT2D eigenvalue weighted by atomic mass is 10.2. The molecule has 6 nitrogen and oxygen atoms in total. The number of nitrogens with one attached hydrogen (secondary N) is 1. The molecule has 0 radical (unpaired) electrons. The van der Waals surface area contributed by atoms with Gasteiger partial charge in [-0.3, -0.25) is 9.59 Å². The first-order valence-electron chi connectivity index (χ1n) is 6.49. The van der Waals surface area contributed by atoms with Crippen LogP contribution in [0.25, 0.3) is 0 Å². The maximum absolute atomic E-state index is 12.4. The first-order valence-corrected chi connectivity index (χ1v) is 7.28. The first kappa shape index (κ1) is 16.0. The van der Waals surface area contributed by atoms with E-state index in [2.05, 4.69) is 26.2 Å². The summed E-state index contributed by atoms with van der Waals surface area (Å²) in [6.45, 7) is -0.0183. The Bertz CT molecular complexity index is 688. The molecule has 0 saturated heterocycles. The standard InChI is InChI=1S/C15H15BrN4O2/c1-20(9-13(17)21)14-12(3-2-8-18-14)15(22)19-11-6-4-10(16)5-7-11/h2-8H,9H2,1H3,(H2,17,21)(H,19,22). The monoisotopic (exact) mass is 362 g/mol. The predicted molar refractivity (Wildman–Crippen MR) is 88.8 cm³/mol. The van der Waals surface area contributed by atoms with Crippen LogP contribution in [0.2, 0.25) is 0 Å². The molecule has 114 valence electrons. The molecular weight excluding hydrogens is 348 g/mol. The number of benzene rings is 1. The Balaban J connectivity index is 2.22. The van der Waals surface area contributed by atoms with Crippen molar-refractivity contribution in [3.05, 3.63) is 52.6 Å². The maximum Gasteiger partial charge on any atom is 0.259 e. The number of primary amides is 1. The number of carbonyl (C=O) groups excluding carboxylic acids is 2. The Morgan fingerprint density at radius 3 is 2.59 bits per heavy atom. The minimum absolute atomic E-state index is 0.0183. The highest BCUT2D eigenvalue weighted by Gasteiger charge is 2.16. The number of likely N-dealkylation sites (N-methyl/N-ethyl adjacent to an activating group) is 1. The second-order valence-electron chi connectivity index (χ2n) is 4.66. The van der Waals surface area contributed by atoms with Gasteiger partial charge < -0.3 is 16.0 Å². The van der Waals surface area contributed by atoms with Gasteiger partial charge in [0, 0.05) is 23.4 Å². The lowest BCUT2D eigenvalue weighted by Crippen LogP contribution is -2.32. The number of rotatable bonds is 5. The van der Waals surface area contributed by atoms with E-state index >= 15 is 0 Å². The molecule has 0 unspecified atom stereocenters. The summed E-state index contributed by atoms with van der Waals surface area (Å²) in [6.07, 6.45) is 1.56. The molecule has 0 aliphatic carbocycles. The van der Waals surface area contributed by atoms with Crippen LogP contribution in [0.1, 0.15) is 10.4 Å². The Labute approximate surface area is 136 Å². The SMILES string of the molecule is CN(CC(N)=O)c1ncccc1C(=O)Nc1ccc(Br)cc1. The van der Waals surface area contributed by atoms with Crippen LogP contribution in [-0.4, -0.2) is 30.4 Å². The Morgan fingerprint density at radius 1 is 1.27 bits per heavy atom. The van der Waals surface area contributed by atoms with Crippen LogP contribution in [0.15, 0.2) is 47.1 Å². The van der Waals surface area contributed by atoms with E-state index in [1.54, 1.807) is 42.4 Å². The van der Waals surface area contributed by atoms with Gasteiger partial charge in [0.15, 0.2) is 0 Å². The van der Waals surface area contributed by atoms with E-state index in [-0.39, 0.29) is 12.5 Å². The molecule has 7 heteroatoms.